The zero-order chi connectivity index (χ0) is 19.5. The van der Waals surface area contributed by atoms with E-state index in [9.17, 15) is 14.7 Å². The maximum absolute atomic E-state index is 12.3. The van der Waals surface area contributed by atoms with E-state index < -0.39 is 23.2 Å². The molecule has 0 saturated carbocycles. The number of ether oxygens (including phenoxy) is 1. The fourth-order valence-electron chi connectivity index (χ4n) is 2.65. The van der Waals surface area contributed by atoms with E-state index in [1.165, 1.54) is 11.3 Å². The molecular weight excluding hydrogens is 350 g/mol. The van der Waals surface area contributed by atoms with Crippen LogP contribution in [0.25, 0.3) is 10.4 Å². The average Bonchev–Trinajstić information content (AvgIpc) is 3.03. The van der Waals surface area contributed by atoms with E-state index >= 15 is 0 Å². The van der Waals surface area contributed by atoms with Gasteiger partial charge in [-0.05, 0) is 57.4 Å². The quantitative estimate of drug-likeness (QED) is 0.747. The van der Waals surface area contributed by atoms with Crippen molar-refractivity contribution < 1.29 is 19.4 Å². The molecule has 1 heterocycles. The third-order valence-corrected chi connectivity index (χ3v) is 5.19. The van der Waals surface area contributed by atoms with Crippen molar-refractivity contribution in [3.8, 4) is 10.4 Å². The molecule has 5 nitrogen and oxygen atoms in total. The second-order valence-electron chi connectivity index (χ2n) is 7.33. The number of carboxylic acids is 1. The fourth-order valence-corrected chi connectivity index (χ4v) is 3.54. The summed E-state index contributed by atoms with van der Waals surface area (Å²) >= 11 is 1.22. The zero-order valence-electron chi connectivity index (χ0n) is 15.8. The van der Waals surface area contributed by atoms with Crippen LogP contribution in [0.15, 0.2) is 36.4 Å². The molecule has 0 aliphatic carbocycles. The van der Waals surface area contributed by atoms with Gasteiger partial charge in [0.2, 0.25) is 0 Å². The summed E-state index contributed by atoms with van der Waals surface area (Å²) < 4.78 is 5.41. The van der Waals surface area contributed by atoms with Crippen molar-refractivity contribution in [1.82, 2.24) is 5.32 Å². The van der Waals surface area contributed by atoms with E-state index in [4.69, 9.17) is 4.74 Å². The Balaban J connectivity index is 2.41. The molecule has 0 saturated heterocycles. The Morgan fingerprint density at radius 2 is 1.77 bits per heavy atom. The molecule has 0 aliphatic rings. The van der Waals surface area contributed by atoms with Crippen molar-refractivity contribution in [3.63, 3.8) is 0 Å². The number of hydrogen-bond donors (Lipinski definition) is 2. The van der Waals surface area contributed by atoms with Crippen molar-refractivity contribution in [3.05, 3.63) is 46.8 Å². The molecule has 1 unspecified atom stereocenters. The van der Waals surface area contributed by atoms with Crippen molar-refractivity contribution in [2.24, 2.45) is 0 Å². The molecule has 0 spiro atoms. The van der Waals surface area contributed by atoms with Gasteiger partial charge in [-0.2, -0.15) is 0 Å². The van der Waals surface area contributed by atoms with Crippen LogP contribution < -0.4 is 5.32 Å². The van der Waals surface area contributed by atoms with Crippen molar-refractivity contribution >= 4 is 23.4 Å². The van der Waals surface area contributed by atoms with Crippen LogP contribution in [-0.2, 0) is 10.3 Å². The fraction of sp³-hybridized carbons (Fsp3) is 0.400. The molecule has 0 radical (unpaired) electrons. The van der Waals surface area contributed by atoms with Gasteiger partial charge in [0.1, 0.15) is 10.5 Å². The van der Waals surface area contributed by atoms with Crippen LogP contribution >= 0.6 is 11.3 Å². The molecule has 2 rings (SSSR count). The van der Waals surface area contributed by atoms with Gasteiger partial charge in [-0.1, -0.05) is 31.2 Å². The smallest absolute Gasteiger partial charge is 0.408 e. The van der Waals surface area contributed by atoms with Gasteiger partial charge in [0, 0.05) is 4.88 Å². The molecule has 0 aliphatic heterocycles. The lowest BCUT2D eigenvalue weighted by Gasteiger charge is -2.33. The maximum Gasteiger partial charge on any atom is 0.408 e. The van der Waals surface area contributed by atoms with Crippen molar-refractivity contribution in [1.29, 1.82) is 0 Å². The van der Waals surface area contributed by atoms with E-state index in [1.807, 2.05) is 58.9 Å². The molecule has 2 N–H and O–H groups in total. The normalized spacial score (nSPS) is 13.7. The van der Waals surface area contributed by atoms with E-state index in [0.717, 1.165) is 16.0 Å². The highest BCUT2D eigenvalue weighted by molar-refractivity contribution is 7.17. The van der Waals surface area contributed by atoms with Crippen LogP contribution in [0.5, 0.6) is 0 Å². The number of alkyl carbamates (subject to hydrolysis) is 1. The Morgan fingerprint density at radius 1 is 1.12 bits per heavy atom. The second-order valence-corrected chi connectivity index (χ2v) is 8.41. The van der Waals surface area contributed by atoms with Gasteiger partial charge in [-0.25, -0.2) is 9.59 Å². The molecule has 2 aromatic rings. The summed E-state index contributed by atoms with van der Waals surface area (Å²) in [6.07, 6.45) is 0.175. The van der Waals surface area contributed by atoms with Gasteiger partial charge in [-0.3, -0.25) is 0 Å². The summed E-state index contributed by atoms with van der Waals surface area (Å²) in [5, 5.41) is 12.2. The first-order valence-corrected chi connectivity index (χ1v) is 9.31. The summed E-state index contributed by atoms with van der Waals surface area (Å²) in [4.78, 5) is 24.7. The number of nitrogens with one attached hydrogen (secondary N) is 1. The lowest BCUT2D eigenvalue weighted by Crippen LogP contribution is -2.45. The number of carbonyl (C=O) groups is 2. The number of carbonyl (C=O) groups excluding carboxylic acids is 1. The van der Waals surface area contributed by atoms with Gasteiger partial charge in [0.15, 0.2) is 0 Å². The monoisotopic (exact) mass is 375 g/mol. The maximum atomic E-state index is 12.3. The Morgan fingerprint density at radius 3 is 2.31 bits per heavy atom. The van der Waals surface area contributed by atoms with Crippen LogP contribution in [0.4, 0.5) is 4.79 Å². The Bertz CT molecular complexity index is 806. The number of aromatic carboxylic acids is 1. The minimum Gasteiger partial charge on any atom is -0.477 e. The predicted molar refractivity (Wildman–Crippen MR) is 104 cm³/mol. The number of carboxylic acid groups (broad SMARTS) is 1. The molecule has 26 heavy (non-hydrogen) atoms. The zero-order valence-corrected chi connectivity index (χ0v) is 16.6. The Hall–Kier alpha value is -2.34. The number of hydrogen-bond acceptors (Lipinski definition) is 4. The summed E-state index contributed by atoms with van der Waals surface area (Å²) in [6, 6.07) is 11.1. The summed E-state index contributed by atoms with van der Waals surface area (Å²) in [5.74, 6) is -0.941. The number of thiophene rings is 1. The molecule has 1 atom stereocenters. The molecular formula is C20H25NO4S. The minimum atomic E-state index is -0.941. The van der Waals surface area contributed by atoms with E-state index in [-0.39, 0.29) is 4.88 Å². The van der Waals surface area contributed by atoms with Gasteiger partial charge in [-0.15, -0.1) is 11.3 Å². The van der Waals surface area contributed by atoms with Gasteiger partial charge >= 0.3 is 12.1 Å². The highest BCUT2D eigenvalue weighted by Gasteiger charge is 2.31. The molecule has 140 valence electrons. The van der Waals surface area contributed by atoms with E-state index in [2.05, 4.69) is 5.32 Å². The van der Waals surface area contributed by atoms with Crippen LogP contribution in [0, 0.1) is 0 Å². The molecule has 0 fully saturated rings. The SMILES string of the molecule is CCC(C)(NC(=O)OC(C)(C)C)c1ccccc1-c1ccc(C(=O)O)s1. The Labute approximate surface area is 158 Å². The van der Waals surface area contributed by atoms with Crippen molar-refractivity contribution in [2.45, 2.75) is 52.2 Å². The minimum absolute atomic E-state index is 0.285. The van der Waals surface area contributed by atoms with Crippen molar-refractivity contribution in [2.75, 3.05) is 0 Å². The lowest BCUT2D eigenvalue weighted by molar-refractivity contribution is 0.0458. The highest BCUT2D eigenvalue weighted by atomic mass is 32.1. The van der Waals surface area contributed by atoms with Crippen LogP contribution in [-0.4, -0.2) is 22.8 Å². The number of rotatable bonds is 5. The molecule has 0 bridgehead atoms. The average molecular weight is 375 g/mol. The third-order valence-electron chi connectivity index (χ3n) is 4.09. The van der Waals surface area contributed by atoms with Crippen LogP contribution in [0.1, 0.15) is 56.3 Å². The molecule has 6 heteroatoms. The van der Waals surface area contributed by atoms with Gasteiger partial charge < -0.3 is 15.2 Å². The number of amides is 1. The van der Waals surface area contributed by atoms with Crippen LogP contribution in [0.2, 0.25) is 0 Å². The van der Waals surface area contributed by atoms with E-state index in [1.54, 1.807) is 12.1 Å². The largest absolute Gasteiger partial charge is 0.477 e. The second kappa shape index (κ2) is 7.50. The molecule has 1 amide bonds. The lowest BCUT2D eigenvalue weighted by atomic mass is 9.85. The van der Waals surface area contributed by atoms with Gasteiger partial charge in [0.25, 0.3) is 0 Å². The third kappa shape index (κ3) is 4.64. The molecule has 1 aromatic heterocycles. The number of benzene rings is 1. The first kappa shape index (κ1) is 20.0. The predicted octanol–water partition coefficient (Wildman–Crippen LogP) is 5.26. The topological polar surface area (TPSA) is 75.6 Å². The molecule has 1 aromatic carbocycles. The first-order chi connectivity index (χ1) is 12.1. The first-order valence-electron chi connectivity index (χ1n) is 8.50. The van der Waals surface area contributed by atoms with E-state index in [0.29, 0.717) is 6.42 Å². The summed E-state index contributed by atoms with van der Waals surface area (Å²) in [7, 11) is 0. The Kier molecular flexibility index (Phi) is 5.76. The standard InChI is InChI=1S/C20H25NO4S/c1-6-20(5,21-18(24)25-19(2,3)4)14-10-8-7-9-13(14)15-11-12-16(26-15)17(22)23/h7-12H,6H2,1-5H3,(H,21,24)(H,22,23). The summed E-state index contributed by atoms with van der Waals surface area (Å²) in [6.45, 7) is 9.40. The summed E-state index contributed by atoms with van der Waals surface area (Å²) in [5.41, 5.74) is 0.604. The van der Waals surface area contributed by atoms with Crippen LogP contribution in [0.3, 0.4) is 0 Å². The highest BCUT2D eigenvalue weighted by Crippen LogP contribution is 2.37. The van der Waals surface area contributed by atoms with Gasteiger partial charge in [0.05, 0.1) is 5.54 Å².